The molecule has 0 aliphatic carbocycles. The first-order chi connectivity index (χ1) is 12.1. The van der Waals surface area contributed by atoms with Gasteiger partial charge in [0.1, 0.15) is 0 Å². The van der Waals surface area contributed by atoms with Gasteiger partial charge in [-0.05, 0) is 32.0 Å². The Morgan fingerprint density at radius 3 is 2.56 bits per heavy atom. The van der Waals surface area contributed by atoms with Crippen LogP contribution >= 0.6 is 0 Å². The predicted molar refractivity (Wildman–Crippen MR) is 105 cm³/mol. The van der Waals surface area contributed by atoms with E-state index in [9.17, 15) is 0 Å². The van der Waals surface area contributed by atoms with Gasteiger partial charge in [-0.25, -0.2) is 4.99 Å². The molecule has 1 fully saturated rings. The van der Waals surface area contributed by atoms with Crippen molar-refractivity contribution in [3.8, 4) is 0 Å². The van der Waals surface area contributed by atoms with Crippen LogP contribution in [0.1, 0.15) is 26.5 Å². The molecule has 1 aromatic rings. The first-order valence-corrected chi connectivity index (χ1v) is 9.44. The molecular weight excluding hydrogens is 312 g/mol. The molecule has 6 nitrogen and oxygen atoms in total. The molecule has 0 saturated carbocycles. The lowest BCUT2D eigenvalue weighted by Gasteiger charge is -2.40. The van der Waals surface area contributed by atoms with Gasteiger partial charge < -0.3 is 15.5 Å². The number of rotatable bonds is 7. The van der Waals surface area contributed by atoms with E-state index in [1.165, 1.54) is 0 Å². The SMILES string of the molecule is CCNC(=NCc1ccccn1)NCC(C(C)C)N1CCN(C)CC1. The molecule has 1 aliphatic rings. The van der Waals surface area contributed by atoms with Crippen LogP contribution < -0.4 is 10.6 Å². The van der Waals surface area contributed by atoms with E-state index >= 15 is 0 Å². The van der Waals surface area contributed by atoms with E-state index in [4.69, 9.17) is 0 Å². The van der Waals surface area contributed by atoms with E-state index in [1.54, 1.807) is 0 Å². The van der Waals surface area contributed by atoms with E-state index < -0.39 is 0 Å². The van der Waals surface area contributed by atoms with Gasteiger partial charge in [0.2, 0.25) is 0 Å². The smallest absolute Gasteiger partial charge is 0.191 e. The quantitative estimate of drug-likeness (QED) is 0.577. The highest BCUT2D eigenvalue weighted by atomic mass is 15.3. The highest BCUT2D eigenvalue weighted by Crippen LogP contribution is 2.12. The van der Waals surface area contributed by atoms with Crippen LogP contribution in [0.3, 0.4) is 0 Å². The highest BCUT2D eigenvalue weighted by Gasteiger charge is 2.24. The van der Waals surface area contributed by atoms with Gasteiger partial charge in [0, 0.05) is 51.5 Å². The van der Waals surface area contributed by atoms with Crippen LogP contribution in [0.15, 0.2) is 29.4 Å². The fourth-order valence-electron chi connectivity index (χ4n) is 3.13. The number of pyridine rings is 1. The van der Waals surface area contributed by atoms with Crippen molar-refractivity contribution in [2.45, 2.75) is 33.4 Å². The first-order valence-electron chi connectivity index (χ1n) is 9.44. The molecule has 1 aromatic heterocycles. The Morgan fingerprint density at radius 2 is 1.96 bits per heavy atom. The number of nitrogens with one attached hydrogen (secondary N) is 2. The minimum atomic E-state index is 0.521. The fourth-order valence-corrected chi connectivity index (χ4v) is 3.13. The number of piperazine rings is 1. The summed E-state index contributed by atoms with van der Waals surface area (Å²) < 4.78 is 0. The second-order valence-electron chi connectivity index (χ2n) is 7.05. The standard InChI is InChI=1S/C19H34N6/c1-5-20-19(22-14-17-8-6-7-9-21-17)23-15-18(16(2)3)25-12-10-24(4)11-13-25/h6-9,16,18H,5,10-15H2,1-4H3,(H2,20,22,23). The Labute approximate surface area is 152 Å². The lowest BCUT2D eigenvalue weighted by atomic mass is 10.0. The highest BCUT2D eigenvalue weighted by molar-refractivity contribution is 5.79. The lowest BCUT2D eigenvalue weighted by Crippen LogP contribution is -2.55. The maximum absolute atomic E-state index is 4.68. The molecule has 0 radical (unpaired) electrons. The zero-order chi connectivity index (χ0) is 18.1. The largest absolute Gasteiger partial charge is 0.357 e. The van der Waals surface area contributed by atoms with Crippen LogP contribution in [-0.4, -0.2) is 73.1 Å². The van der Waals surface area contributed by atoms with E-state index in [1.807, 2.05) is 24.4 Å². The second kappa shape index (κ2) is 10.4. The molecule has 0 spiro atoms. The summed E-state index contributed by atoms with van der Waals surface area (Å²) in [6, 6.07) is 6.46. The van der Waals surface area contributed by atoms with Crippen LogP contribution in [0.4, 0.5) is 0 Å². The summed E-state index contributed by atoms with van der Waals surface area (Å²) in [7, 11) is 2.20. The third-order valence-corrected chi connectivity index (χ3v) is 4.72. The molecule has 0 bridgehead atoms. The number of aliphatic imine (C=N–C) groups is 1. The van der Waals surface area contributed by atoms with E-state index in [0.29, 0.717) is 18.5 Å². The van der Waals surface area contributed by atoms with Gasteiger partial charge >= 0.3 is 0 Å². The second-order valence-corrected chi connectivity index (χ2v) is 7.05. The summed E-state index contributed by atoms with van der Waals surface area (Å²) in [5.41, 5.74) is 0.985. The predicted octanol–water partition coefficient (Wildman–Crippen LogP) is 1.41. The van der Waals surface area contributed by atoms with Gasteiger partial charge in [0.15, 0.2) is 5.96 Å². The average molecular weight is 347 g/mol. The van der Waals surface area contributed by atoms with Crippen molar-refractivity contribution in [3.63, 3.8) is 0 Å². The fraction of sp³-hybridized carbons (Fsp3) is 0.684. The van der Waals surface area contributed by atoms with Crippen molar-refractivity contribution in [2.75, 3.05) is 46.3 Å². The molecular formula is C19H34N6. The Kier molecular flexibility index (Phi) is 8.15. The van der Waals surface area contributed by atoms with Gasteiger partial charge in [0.25, 0.3) is 0 Å². The molecule has 6 heteroatoms. The van der Waals surface area contributed by atoms with Gasteiger partial charge in [0.05, 0.1) is 12.2 Å². The van der Waals surface area contributed by atoms with E-state index in [0.717, 1.165) is 50.9 Å². The van der Waals surface area contributed by atoms with Gasteiger partial charge in [-0.3, -0.25) is 9.88 Å². The summed E-state index contributed by atoms with van der Waals surface area (Å²) in [5, 5.41) is 6.88. The Balaban J connectivity index is 1.92. The van der Waals surface area contributed by atoms with Crippen molar-refractivity contribution in [1.82, 2.24) is 25.4 Å². The van der Waals surface area contributed by atoms with Crippen LogP contribution in [0.5, 0.6) is 0 Å². The molecule has 140 valence electrons. The Morgan fingerprint density at radius 1 is 1.20 bits per heavy atom. The summed E-state index contributed by atoms with van der Waals surface area (Å²) in [6.07, 6.45) is 1.81. The molecule has 25 heavy (non-hydrogen) atoms. The van der Waals surface area contributed by atoms with E-state index in [2.05, 4.69) is 58.2 Å². The third kappa shape index (κ3) is 6.63. The number of likely N-dealkylation sites (N-methyl/N-ethyl adjacent to an activating group) is 1. The molecule has 0 aromatic carbocycles. The number of nitrogens with zero attached hydrogens (tertiary/aromatic N) is 4. The summed E-state index contributed by atoms with van der Waals surface area (Å²) in [4.78, 5) is 14.0. The summed E-state index contributed by atoms with van der Waals surface area (Å²) >= 11 is 0. The number of hydrogen-bond acceptors (Lipinski definition) is 4. The molecule has 2 N–H and O–H groups in total. The zero-order valence-electron chi connectivity index (χ0n) is 16.2. The molecule has 1 saturated heterocycles. The minimum Gasteiger partial charge on any atom is -0.357 e. The minimum absolute atomic E-state index is 0.521. The summed E-state index contributed by atoms with van der Waals surface area (Å²) in [5.74, 6) is 1.47. The molecule has 1 unspecified atom stereocenters. The molecule has 1 aliphatic heterocycles. The van der Waals surface area contributed by atoms with Gasteiger partial charge in [-0.15, -0.1) is 0 Å². The third-order valence-electron chi connectivity index (χ3n) is 4.72. The Bertz CT molecular complexity index is 508. The van der Waals surface area contributed by atoms with Gasteiger partial charge in [-0.2, -0.15) is 0 Å². The number of aromatic nitrogens is 1. The van der Waals surface area contributed by atoms with Crippen molar-refractivity contribution < 1.29 is 0 Å². The maximum atomic E-state index is 4.68. The van der Waals surface area contributed by atoms with Crippen LogP contribution in [0.25, 0.3) is 0 Å². The zero-order valence-corrected chi connectivity index (χ0v) is 16.2. The molecule has 0 amide bonds. The van der Waals surface area contributed by atoms with Crippen LogP contribution in [0, 0.1) is 5.92 Å². The monoisotopic (exact) mass is 346 g/mol. The first kappa shape index (κ1) is 19.7. The molecule has 2 heterocycles. The normalized spacial score (nSPS) is 18.4. The van der Waals surface area contributed by atoms with Crippen molar-refractivity contribution in [2.24, 2.45) is 10.9 Å². The van der Waals surface area contributed by atoms with Crippen molar-refractivity contribution >= 4 is 5.96 Å². The molecule has 1 atom stereocenters. The lowest BCUT2D eigenvalue weighted by molar-refractivity contribution is 0.0900. The summed E-state index contributed by atoms with van der Waals surface area (Å²) in [6.45, 7) is 13.7. The van der Waals surface area contributed by atoms with Gasteiger partial charge in [-0.1, -0.05) is 19.9 Å². The average Bonchev–Trinajstić information content (AvgIpc) is 2.62. The maximum Gasteiger partial charge on any atom is 0.191 e. The number of hydrogen-bond donors (Lipinski definition) is 2. The van der Waals surface area contributed by atoms with Crippen molar-refractivity contribution in [1.29, 1.82) is 0 Å². The topological polar surface area (TPSA) is 55.8 Å². The molecule has 2 rings (SSSR count). The van der Waals surface area contributed by atoms with E-state index in [-0.39, 0.29) is 0 Å². The Hall–Kier alpha value is -1.66. The number of guanidine groups is 1. The van der Waals surface area contributed by atoms with Crippen molar-refractivity contribution in [3.05, 3.63) is 30.1 Å². The van der Waals surface area contributed by atoms with Crippen LogP contribution in [0.2, 0.25) is 0 Å². The van der Waals surface area contributed by atoms with Crippen LogP contribution in [-0.2, 0) is 6.54 Å².